The third-order valence-corrected chi connectivity index (χ3v) is 4.71. The number of hydrogen-bond acceptors (Lipinski definition) is 3. The van der Waals surface area contributed by atoms with Crippen LogP contribution in [0.3, 0.4) is 0 Å². The highest BCUT2D eigenvalue weighted by molar-refractivity contribution is 6.34. The van der Waals surface area contributed by atoms with Crippen LogP contribution in [0.4, 0.5) is 10.1 Å². The summed E-state index contributed by atoms with van der Waals surface area (Å²) in [5.41, 5.74) is 2.75. The molecule has 0 fully saturated rings. The third kappa shape index (κ3) is 3.61. The summed E-state index contributed by atoms with van der Waals surface area (Å²) >= 11 is 6.39. The van der Waals surface area contributed by atoms with Gasteiger partial charge in [-0.25, -0.2) is 9.07 Å². The molecular formula is C20H18ClFN4O2. The van der Waals surface area contributed by atoms with Crippen molar-refractivity contribution in [2.45, 2.75) is 13.8 Å². The second kappa shape index (κ2) is 7.82. The third-order valence-electron chi connectivity index (χ3n) is 4.36. The molecule has 0 unspecified atom stereocenters. The van der Waals surface area contributed by atoms with E-state index in [4.69, 9.17) is 11.6 Å². The Hall–Kier alpha value is -3.19. The molecule has 1 heterocycles. The van der Waals surface area contributed by atoms with Crippen molar-refractivity contribution in [3.05, 3.63) is 75.8 Å². The van der Waals surface area contributed by atoms with Crippen molar-refractivity contribution >= 4 is 29.1 Å². The van der Waals surface area contributed by atoms with Gasteiger partial charge in [-0.05, 0) is 55.8 Å². The number of anilines is 1. The minimum absolute atomic E-state index is 0.113. The average molecular weight is 401 g/mol. The Balaban J connectivity index is 1.94. The average Bonchev–Trinajstić information content (AvgIpc) is 2.97. The van der Waals surface area contributed by atoms with Crippen molar-refractivity contribution in [3.8, 4) is 5.69 Å². The Morgan fingerprint density at radius 2 is 1.75 bits per heavy atom. The van der Waals surface area contributed by atoms with Crippen molar-refractivity contribution in [2.75, 3.05) is 12.4 Å². The molecule has 0 radical (unpaired) electrons. The zero-order valence-electron chi connectivity index (χ0n) is 15.5. The second-order valence-electron chi connectivity index (χ2n) is 6.15. The van der Waals surface area contributed by atoms with Gasteiger partial charge in [0.2, 0.25) is 0 Å². The summed E-state index contributed by atoms with van der Waals surface area (Å²) in [5, 5.41) is 9.75. The zero-order chi connectivity index (χ0) is 20.4. The van der Waals surface area contributed by atoms with E-state index in [2.05, 4.69) is 15.7 Å². The summed E-state index contributed by atoms with van der Waals surface area (Å²) in [5.74, 6) is -1.08. The van der Waals surface area contributed by atoms with E-state index in [0.717, 1.165) is 0 Å². The molecule has 3 aromatic rings. The molecule has 1 aromatic heterocycles. The number of carbonyl (C=O) groups excluding carboxylic acids is 2. The fourth-order valence-corrected chi connectivity index (χ4v) is 3.20. The first-order chi connectivity index (χ1) is 13.3. The summed E-state index contributed by atoms with van der Waals surface area (Å²) in [6.45, 7) is 3.41. The standard InChI is InChI=1S/C20H18ClFN4O2/c1-11-15(19(27)23-3)5-4-6-16(11)24-20(28)17-12(2)25-26(18(17)21)14-9-7-13(22)8-10-14/h4-10H,1-3H3,(H,23,27)(H,24,28). The molecule has 0 aliphatic carbocycles. The highest BCUT2D eigenvalue weighted by atomic mass is 35.5. The first kappa shape index (κ1) is 19.6. The molecule has 3 rings (SSSR count). The molecule has 0 atom stereocenters. The van der Waals surface area contributed by atoms with Crippen LogP contribution in [0.25, 0.3) is 5.69 Å². The zero-order valence-corrected chi connectivity index (χ0v) is 16.3. The van der Waals surface area contributed by atoms with Gasteiger partial charge in [-0.15, -0.1) is 0 Å². The fraction of sp³-hybridized carbons (Fsp3) is 0.150. The lowest BCUT2D eigenvalue weighted by atomic mass is 10.1. The monoisotopic (exact) mass is 400 g/mol. The normalized spacial score (nSPS) is 10.6. The lowest BCUT2D eigenvalue weighted by molar-refractivity contribution is 0.0960. The maximum absolute atomic E-state index is 13.2. The molecule has 8 heteroatoms. The smallest absolute Gasteiger partial charge is 0.260 e. The topological polar surface area (TPSA) is 76.0 Å². The van der Waals surface area contributed by atoms with Crippen molar-refractivity contribution in [2.24, 2.45) is 0 Å². The van der Waals surface area contributed by atoms with Gasteiger partial charge in [0.15, 0.2) is 0 Å². The Labute approximate surface area is 166 Å². The lowest BCUT2D eigenvalue weighted by Gasteiger charge is -2.12. The number of amides is 2. The second-order valence-corrected chi connectivity index (χ2v) is 6.51. The number of carbonyl (C=O) groups is 2. The highest BCUT2D eigenvalue weighted by Gasteiger charge is 2.22. The van der Waals surface area contributed by atoms with Crippen LogP contribution in [0.2, 0.25) is 5.15 Å². The first-order valence-electron chi connectivity index (χ1n) is 8.47. The number of nitrogens with one attached hydrogen (secondary N) is 2. The van der Waals surface area contributed by atoms with Crippen LogP contribution in [0, 0.1) is 19.7 Å². The molecular weight excluding hydrogens is 383 g/mol. The van der Waals surface area contributed by atoms with Crippen LogP contribution >= 0.6 is 11.6 Å². The van der Waals surface area contributed by atoms with Gasteiger partial charge in [0.25, 0.3) is 11.8 Å². The maximum atomic E-state index is 13.2. The number of benzene rings is 2. The highest BCUT2D eigenvalue weighted by Crippen LogP contribution is 2.26. The Morgan fingerprint density at radius 3 is 2.39 bits per heavy atom. The van der Waals surface area contributed by atoms with Crippen LogP contribution in [0.5, 0.6) is 0 Å². The van der Waals surface area contributed by atoms with E-state index in [1.165, 1.54) is 28.9 Å². The predicted molar refractivity (Wildman–Crippen MR) is 106 cm³/mol. The van der Waals surface area contributed by atoms with Crippen molar-refractivity contribution in [1.82, 2.24) is 15.1 Å². The molecule has 0 bridgehead atoms. The molecule has 0 aliphatic heterocycles. The van der Waals surface area contributed by atoms with Crippen molar-refractivity contribution in [1.29, 1.82) is 0 Å². The van der Waals surface area contributed by atoms with E-state index in [1.54, 1.807) is 39.1 Å². The molecule has 2 aromatic carbocycles. The van der Waals surface area contributed by atoms with Gasteiger partial charge in [-0.1, -0.05) is 17.7 Å². The van der Waals surface area contributed by atoms with Gasteiger partial charge in [-0.2, -0.15) is 5.10 Å². The van der Waals surface area contributed by atoms with Crippen LogP contribution < -0.4 is 10.6 Å². The summed E-state index contributed by atoms with van der Waals surface area (Å²) in [7, 11) is 1.54. The molecule has 0 spiro atoms. The largest absolute Gasteiger partial charge is 0.355 e. The minimum Gasteiger partial charge on any atom is -0.355 e. The van der Waals surface area contributed by atoms with E-state index in [-0.39, 0.29) is 22.4 Å². The molecule has 2 amide bonds. The van der Waals surface area contributed by atoms with E-state index < -0.39 is 5.91 Å². The Bertz CT molecular complexity index is 1060. The van der Waals surface area contributed by atoms with Gasteiger partial charge in [0.1, 0.15) is 16.5 Å². The SMILES string of the molecule is CNC(=O)c1cccc(NC(=O)c2c(C)nn(-c3ccc(F)cc3)c2Cl)c1C. The summed E-state index contributed by atoms with van der Waals surface area (Å²) in [6.07, 6.45) is 0. The fourth-order valence-electron chi connectivity index (χ4n) is 2.85. The van der Waals surface area contributed by atoms with E-state index in [1.807, 2.05) is 0 Å². The summed E-state index contributed by atoms with van der Waals surface area (Å²) < 4.78 is 14.5. The van der Waals surface area contributed by atoms with Gasteiger partial charge < -0.3 is 10.6 Å². The van der Waals surface area contributed by atoms with Gasteiger partial charge >= 0.3 is 0 Å². The van der Waals surface area contributed by atoms with Crippen LogP contribution in [-0.4, -0.2) is 28.6 Å². The van der Waals surface area contributed by atoms with Gasteiger partial charge in [-0.3, -0.25) is 9.59 Å². The number of rotatable bonds is 4. The number of nitrogens with zero attached hydrogens (tertiary/aromatic N) is 2. The Morgan fingerprint density at radius 1 is 1.07 bits per heavy atom. The maximum Gasteiger partial charge on any atom is 0.260 e. The minimum atomic E-state index is -0.451. The summed E-state index contributed by atoms with van der Waals surface area (Å²) in [6, 6.07) is 10.7. The summed E-state index contributed by atoms with van der Waals surface area (Å²) in [4.78, 5) is 24.8. The van der Waals surface area contributed by atoms with E-state index >= 15 is 0 Å². The lowest BCUT2D eigenvalue weighted by Crippen LogP contribution is -2.20. The number of halogens is 2. The first-order valence-corrected chi connectivity index (χ1v) is 8.85. The number of hydrogen-bond donors (Lipinski definition) is 2. The molecule has 0 saturated carbocycles. The van der Waals surface area contributed by atoms with Crippen LogP contribution in [-0.2, 0) is 0 Å². The van der Waals surface area contributed by atoms with Crippen molar-refractivity contribution in [3.63, 3.8) is 0 Å². The molecule has 28 heavy (non-hydrogen) atoms. The Kier molecular flexibility index (Phi) is 5.46. The predicted octanol–water partition coefficient (Wildman–Crippen LogP) is 3.89. The van der Waals surface area contributed by atoms with Crippen molar-refractivity contribution < 1.29 is 14.0 Å². The molecule has 0 aliphatic rings. The quantitative estimate of drug-likeness (QED) is 0.697. The molecule has 144 valence electrons. The van der Waals surface area contributed by atoms with Crippen LogP contribution in [0.15, 0.2) is 42.5 Å². The van der Waals surface area contributed by atoms with Gasteiger partial charge in [0, 0.05) is 18.3 Å². The van der Waals surface area contributed by atoms with Crippen LogP contribution in [0.1, 0.15) is 32.0 Å². The molecule has 0 saturated heterocycles. The number of aromatic nitrogens is 2. The van der Waals surface area contributed by atoms with E-state index in [9.17, 15) is 14.0 Å². The number of aryl methyl sites for hydroxylation is 1. The molecule has 2 N–H and O–H groups in total. The van der Waals surface area contributed by atoms with Gasteiger partial charge in [0.05, 0.1) is 11.4 Å². The molecule has 6 nitrogen and oxygen atoms in total. The van der Waals surface area contributed by atoms with E-state index in [0.29, 0.717) is 28.2 Å².